The molecular weight excluding hydrogens is 287 g/mol. The quantitative estimate of drug-likeness (QED) is 0.787. The Morgan fingerprint density at radius 2 is 1.95 bits per heavy atom. The average Bonchev–Trinajstić information content (AvgIpc) is 2.95. The Kier molecular flexibility index (Phi) is 4.00. The number of benzene rings is 2. The molecular formula is C16H13FN2O3. The maximum atomic E-state index is 13.3. The SMILES string of the molecule is O=C(COc1ccccc1F)NCc1nc2ccccc2o1. The smallest absolute Gasteiger partial charge is 0.258 e. The highest BCUT2D eigenvalue weighted by Gasteiger charge is 2.09. The molecule has 0 atom stereocenters. The van der Waals surface area contributed by atoms with Gasteiger partial charge in [-0.2, -0.15) is 0 Å². The Morgan fingerprint density at radius 1 is 1.18 bits per heavy atom. The van der Waals surface area contributed by atoms with Crippen molar-refractivity contribution in [3.05, 3.63) is 60.2 Å². The van der Waals surface area contributed by atoms with Gasteiger partial charge >= 0.3 is 0 Å². The molecule has 22 heavy (non-hydrogen) atoms. The zero-order valence-corrected chi connectivity index (χ0v) is 11.6. The molecule has 0 unspecified atom stereocenters. The topological polar surface area (TPSA) is 64.4 Å². The molecule has 0 aliphatic heterocycles. The molecule has 112 valence electrons. The summed E-state index contributed by atoms with van der Waals surface area (Å²) in [5, 5.41) is 2.61. The van der Waals surface area contributed by atoms with Crippen molar-refractivity contribution in [3.63, 3.8) is 0 Å². The van der Waals surface area contributed by atoms with E-state index < -0.39 is 5.82 Å². The summed E-state index contributed by atoms with van der Waals surface area (Å²) >= 11 is 0. The Bertz CT molecular complexity index is 768. The molecule has 6 heteroatoms. The van der Waals surface area contributed by atoms with Crippen LogP contribution in [0.1, 0.15) is 5.89 Å². The third-order valence-electron chi connectivity index (χ3n) is 2.97. The number of oxazole rings is 1. The minimum Gasteiger partial charge on any atom is -0.481 e. The van der Waals surface area contributed by atoms with Gasteiger partial charge < -0.3 is 14.5 Å². The molecule has 1 aromatic heterocycles. The summed E-state index contributed by atoms with van der Waals surface area (Å²) in [6.45, 7) is -0.130. The number of nitrogens with one attached hydrogen (secondary N) is 1. The number of aromatic nitrogens is 1. The number of ether oxygens (including phenoxy) is 1. The molecule has 1 N–H and O–H groups in total. The summed E-state index contributed by atoms with van der Waals surface area (Å²) in [6, 6.07) is 13.2. The number of nitrogens with zero attached hydrogens (tertiary/aromatic N) is 1. The van der Waals surface area contributed by atoms with Crippen LogP contribution in [0.3, 0.4) is 0 Å². The number of hydrogen-bond acceptors (Lipinski definition) is 4. The van der Waals surface area contributed by atoms with E-state index in [9.17, 15) is 9.18 Å². The van der Waals surface area contributed by atoms with Crippen molar-refractivity contribution < 1.29 is 18.3 Å². The summed E-state index contributed by atoms with van der Waals surface area (Å²) < 4.78 is 23.9. The normalized spacial score (nSPS) is 10.6. The summed E-state index contributed by atoms with van der Waals surface area (Å²) in [7, 11) is 0. The van der Waals surface area contributed by atoms with E-state index in [0.29, 0.717) is 11.5 Å². The molecule has 1 heterocycles. The first-order chi connectivity index (χ1) is 10.7. The van der Waals surface area contributed by atoms with E-state index in [2.05, 4.69) is 10.3 Å². The van der Waals surface area contributed by atoms with E-state index in [4.69, 9.17) is 9.15 Å². The number of carbonyl (C=O) groups excluding carboxylic acids is 1. The van der Waals surface area contributed by atoms with E-state index in [1.54, 1.807) is 18.2 Å². The molecule has 0 radical (unpaired) electrons. The molecule has 0 spiro atoms. The van der Waals surface area contributed by atoms with Crippen molar-refractivity contribution in [2.45, 2.75) is 6.54 Å². The van der Waals surface area contributed by atoms with Crippen LogP contribution < -0.4 is 10.1 Å². The maximum absolute atomic E-state index is 13.3. The lowest BCUT2D eigenvalue weighted by molar-refractivity contribution is -0.123. The minimum atomic E-state index is -0.505. The molecule has 2 aromatic carbocycles. The largest absolute Gasteiger partial charge is 0.481 e. The number of rotatable bonds is 5. The molecule has 0 aliphatic rings. The van der Waals surface area contributed by atoms with Gasteiger partial charge in [-0.15, -0.1) is 0 Å². The number of hydrogen-bond donors (Lipinski definition) is 1. The van der Waals surface area contributed by atoms with E-state index in [0.717, 1.165) is 5.52 Å². The highest BCUT2D eigenvalue weighted by Crippen LogP contribution is 2.15. The van der Waals surface area contributed by atoms with Gasteiger partial charge in [-0.1, -0.05) is 24.3 Å². The highest BCUT2D eigenvalue weighted by molar-refractivity contribution is 5.77. The summed E-state index contributed by atoms with van der Waals surface area (Å²) in [6.07, 6.45) is 0. The van der Waals surface area contributed by atoms with E-state index in [1.807, 2.05) is 18.2 Å². The van der Waals surface area contributed by atoms with Gasteiger partial charge in [0, 0.05) is 0 Å². The van der Waals surface area contributed by atoms with Gasteiger partial charge in [-0.3, -0.25) is 4.79 Å². The van der Waals surface area contributed by atoms with Crippen molar-refractivity contribution in [2.24, 2.45) is 0 Å². The van der Waals surface area contributed by atoms with Crippen LogP contribution in [0.15, 0.2) is 52.9 Å². The van der Waals surface area contributed by atoms with Crippen LogP contribution in [-0.4, -0.2) is 17.5 Å². The van der Waals surface area contributed by atoms with E-state index >= 15 is 0 Å². The molecule has 0 bridgehead atoms. The van der Waals surface area contributed by atoms with Crippen LogP contribution in [0, 0.1) is 5.82 Å². The molecule has 3 rings (SSSR count). The second kappa shape index (κ2) is 6.26. The van der Waals surface area contributed by atoms with Crippen molar-refractivity contribution in [1.29, 1.82) is 0 Å². The van der Waals surface area contributed by atoms with Crippen LogP contribution in [0.2, 0.25) is 0 Å². The van der Waals surface area contributed by atoms with Gasteiger partial charge in [-0.25, -0.2) is 9.37 Å². The zero-order valence-electron chi connectivity index (χ0n) is 11.6. The molecule has 0 saturated heterocycles. The Balaban J connectivity index is 1.53. The van der Waals surface area contributed by atoms with Crippen LogP contribution in [0.4, 0.5) is 4.39 Å². The van der Waals surface area contributed by atoms with Crippen molar-refractivity contribution in [2.75, 3.05) is 6.61 Å². The molecule has 0 saturated carbocycles. The third kappa shape index (κ3) is 3.22. The number of para-hydroxylation sites is 3. The Labute approximate surface area is 125 Å². The van der Waals surface area contributed by atoms with Crippen LogP contribution >= 0.6 is 0 Å². The van der Waals surface area contributed by atoms with Gasteiger partial charge in [0.1, 0.15) is 5.52 Å². The lowest BCUT2D eigenvalue weighted by atomic mass is 10.3. The Hall–Kier alpha value is -2.89. The van der Waals surface area contributed by atoms with E-state index in [-0.39, 0.29) is 24.8 Å². The monoisotopic (exact) mass is 300 g/mol. The van der Waals surface area contributed by atoms with Gasteiger partial charge in [0.25, 0.3) is 5.91 Å². The van der Waals surface area contributed by atoms with E-state index in [1.165, 1.54) is 12.1 Å². The fourth-order valence-electron chi connectivity index (χ4n) is 1.93. The minimum absolute atomic E-state index is 0.0412. The number of carbonyl (C=O) groups is 1. The average molecular weight is 300 g/mol. The summed E-state index contributed by atoms with van der Waals surface area (Å²) in [5.74, 6) is -0.445. The fourth-order valence-corrected chi connectivity index (χ4v) is 1.93. The van der Waals surface area contributed by atoms with Gasteiger partial charge in [0.05, 0.1) is 6.54 Å². The predicted molar refractivity (Wildman–Crippen MR) is 77.8 cm³/mol. The lowest BCUT2D eigenvalue weighted by Crippen LogP contribution is -2.28. The predicted octanol–water partition coefficient (Wildman–Crippen LogP) is 2.66. The van der Waals surface area contributed by atoms with Gasteiger partial charge in [-0.05, 0) is 24.3 Å². The molecule has 0 aliphatic carbocycles. The van der Waals surface area contributed by atoms with Crippen molar-refractivity contribution in [3.8, 4) is 5.75 Å². The summed E-state index contributed by atoms with van der Waals surface area (Å²) in [4.78, 5) is 15.9. The number of fused-ring (bicyclic) bond motifs is 1. The van der Waals surface area contributed by atoms with Crippen molar-refractivity contribution in [1.82, 2.24) is 10.3 Å². The molecule has 5 nitrogen and oxygen atoms in total. The first-order valence-corrected chi connectivity index (χ1v) is 6.71. The first kappa shape index (κ1) is 14.1. The molecule has 1 amide bonds. The Morgan fingerprint density at radius 3 is 2.77 bits per heavy atom. The maximum Gasteiger partial charge on any atom is 0.258 e. The highest BCUT2D eigenvalue weighted by atomic mass is 19.1. The second-order valence-electron chi connectivity index (χ2n) is 4.57. The molecule has 3 aromatic rings. The first-order valence-electron chi connectivity index (χ1n) is 6.71. The number of amides is 1. The fraction of sp³-hybridized carbons (Fsp3) is 0.125. The van der Waals surface area contributed by atoms with Gasteiger partial charge in [0.2, 0.25) is 5.89 Å². The lowest BCUT2D eigenvalue weighted by Gasteiger charge is -2.06. The standard InChI is InChI=1S/C16H13FN2O3/c17-11-5-1-3-7-13(11)21-10-15(20)18-9-16-19-12-6-2-4-8-14(12)22-16/h1-8H,9-10H2,(H,18,20). The van der Waals surface area contributed by atoms with Crippen molar-refractivity contribution >= 4 is 17.0 Å². The second-order valence-corrected chi connectivity index (χ2v) is 4.57. The summed E-state index contributed by atoms with van der Waals surface area (Å²) in [5.41, 5.74) is 1.39. The third-order valence-corrected chi connectivity index (χ3v) is 2.97. The van der Waals surface area contributed by atoms with Crippen LogP contribution in [0.5, 0.6) is 5.75 Å². The van der Waals surface area contributed by atoms with Gasteiger partial charge in [0.15, 0.2) is 23.8 Å². The molecule has 0 fully saturated rings. The zero-order chi connectivity index (χ0) is 15.4. The number of halogens is 1. The van der Waals surface area contributed by atoms with Crippen LogP contribution in [0.25, 0.3) is 11.1 Å². The van der Waals surface area contributed by atoms with Crippen LogP contribution in [-0.2, 0) is 11.3 Å².